The Bertz CT molecular complexity index is 1190. The Morgan fingerprint density at radius 3 is 2.36 bits per heavy atom. The summed E-state index contributed by atoms with van der Waals surface area (Å²) >= 11 is 0. The Balaban J connectivity index is 1.47. The van der Waals surface area contributed by atoms with E-state index in [4.69, 9.17) is 4.74 Å². The molecule has 0 saturated carbocycles. The van der Waals surface area contributed by atoms with E-state index in [1.165, 1.54) is 30.5 Å². The molecule has 0 radical (unpaired) electrons. The lowest BCUT2D eigenvalue weighted by molar-refractivity contribution is -0.384. The van der Waals surface area contributed by atoms with Crippen LogP contribution in [0.2, 0.25) is 0 Å². The molecule has 3 aromatic carbocycles. The Kier molecular flexibility index (Phi) is 7.48. The van der Waals surface area contributed by atoms with Gasteiger partial charge >= 0.3 is 0 Å². The molecule has 2 amide bonds. The first-order valence-electron chi connectivity index (χ1n) is 9.99. The molecule has 2 N–H and O–H groups in total. The van der Waals surface area contributed by atoms with Crippen LogP contribution in [0.4, 0.5) is 11.4 Å². The molecule has 9 heteroatoms. The fourth-order valence-electron chi connectivity index (χ4n) is 2.90. The van der Waals surface area contributed by atoms with Crippen molar-refractivity contribution in [1.29, 1.82) is 0 Å². The van der Waals surface area contributed by atoms with Gasteiger partial charge in [-0.1, -0.05) is 17.7 Å². The van der Waals surface area contributed by atoms with Crippen LogP contribution in [0.25, 0.3) is 0 Å². The Morgan fingerprint density at radius 1 is 1.03 bits per heavy atom. The number of aryl methyl sites for hydroxylation is 2. The van der Waals surface area contributed by atoms with Crippen LogP contribution in [0.5, 0.6) is 5.75 Å². The third-order valence-electron chi connectivity index (χ3n) is 4.63. The van der Waals surface area contributed by atoms with Gasteiger partial charge < -0.3 is 10.1 Å². The zero-order chi connectivity index (χ0) is 23.8. The number of non-ortho nitro benzene ring substituents is 1. The second kappa shape index (κ2) is 10.7. The van der Waals surface area contributed by atoms with Gasteiger partial charge in [-0.15, -0.1) is 0 Å². The quantitative estimate of drug-likeness (QED) is 0.308. The van der Waals surface area contributed by atoms with Gasteiger partial charge in [0.2, 0.25) is 0 Å². The molecule has 0 aliphatic carbocycles. The standard InChI is InChI=1S/C24H22N4O5/c1-16-3-12-22(17(2)13-16)26-23(29)15-33-21-10-4-18(5-11-21)14-25-27-24(30)19-6-8-20(9-7-19)28(31)32/h3-14H,15H2,1-2H3,(H,26,29)(H,27,30)/b25-14+. The number of rotatable bonds is 8. The molecule has 9 nitrogen and oxygen atoms in total. The maximum Gasteiger partial charge on any atom is 0.271 e. The summed E-state index contributed by atoms with van der Waals surface area (Å²) in [5, 5.41) is 17.4. The number of anilines is 1. The monoisotopic (exact) mass is 446 g/mol. The first kappa shape index (κ1) is 23.1. The SMILES string of the molecule is Cc1ccc(NC(=O)COc2ccc(/C=N/NC(=O)c3ccc([N+](=O)[O-])cc3)cc2)c(C)c1. The van der Waals surface area contributed by atoms with Gasteiger partial charge in [0.15, 0.2) is 6.61 Å². The number of nitrogens with zero attached hydrogens (tertiary/aromatic N) is 2. The predicted molar refractivity (Wildman–Crippen MR) is 125 cm³/mol. The minimum Gasteiger partial charge on any atom is -0.484 e. The topological polar surface area (TPSA) is 123 Å². The molecule has 0 heterocycles. The minimum absolute atomic E-state index is 0.0971. The van der Waals surface area contributed by atoms with Crippen LogP contribution in [0.3, 0.4) is 0 Å². The van der Waals surface area contributed by atoms with Crippen LogP contribution < -0.4 is 15.5 Å². The highest BCUT2D eigenvalue weighted by Gasteiger charge is 2.09. The van der Waals surface area contributed by atoms with Crippen LogP contribution in [0, 0.1) is 24.0 Å². The molecule has 0 spiro atoms. The average Bonchev–Trinajstić information content (AvgIpc) is 2.80. The minimum atomic E-state index is -0.537. The summed E-state index contributed by atoms with van der Waals surface area (Å²) in [6.07, 6.45) is 1.44. The van der Waals surface area contributed by atoms with Crippen molar-refractivity contribution in [3.8, 4) is 5.75 Å². The fourth-order valence-corrected chi connectivity index (χ4v) is 2.90. The number of nitrogens with one attached hydrogen (secondary N) is 2. The van der Waals surface area contributed by atoms with Crippen LogP contribution in [-0.4, -0.2) is 29.6 Å². The van der Waals surface area contributed by atoms with Crippen molar-refractivity contribution >= 4 is 29.4 Å². The number of carbonyl (C=O) groups excluding carboxylic acids is 2. The van der Waals surface area contributed by atoms with Crippen molar-refractivity contribution < 1.29 is 19.2 Å². The van der Waals surface area contributed by atoms with E-state index in [-0.39, 0.29) is 23.8 Å². The normalized spacial score (nSPS) is 10.6. The lowest BCUT2D eigenvalue weighted by Gasteiger charge is -2.10. The number of hydrogen-bond donors (Lipinski definition) is 2. The van der Waals surface area contributed by atoms with Crippen molar-refractivity contribution in [2.45, 2.75) is 13.8 Å². The Morgan fingerprint density at radius 2 is 1.73 bits per heavy atom. The summed E-state index contributed by atoms with van der Waals surface area (Å²) in [5.74, 6) is -0.240. The lowest BCUT2D eigenvalue weighted by Crippen LogP contribution is -2.20. The van der Waals surface area contributed by atoms with Gasteiger partial charge in [0.25, 0.3) is 17.5 Å². The molecule has 33 heavy (non-hydrogen) atoms. The molecule has 0 atom stereocenters. The van der Waals surface area contributed by atoms with E-state index in [0.717, 1.165) is 16.8 Å². The van der Waals surface area contributed by atoms with Gasteiger partial charge in [-0.2, -0.15) is 5.10 Å². The van der Waals surface area contributed by atoms with E-state index in [1.807, 2.05) is 32.0 Å². The van der Waals surface area contributed by atoms with E-state index in [2.05, 4.69) is 15.8 Å². The highest BCUT2D eigenvalue weighted by molar-refractivity contribution is 5.95. The number of hydrazone groups is 1. The molecule has 0 unspecified atom stereocenters. The van der Waals surface area contributed by atoms with Crippen molar-refractivity contribution in [2.75, 3.05) is 11.9 Å². The highest BCUT2D eigenvalue weighted by Crippen LogP contribution is 2.16. The van der Waals surface area contributed by atoms with Gasteiger partial charge in [-0.3, -0.25) is 19.7 Å². The van der Waals surface area contributed by atoms with Crippen LogP contribution >= 0.6 is 0 Å². The maximum atomic E-state index is 12.1. The van der Waals surface area contributed by atoms with Crippen LogP contribution in [0.1, 0.15) is 27.0 Å². The van der Waals surface area contributed by atoms with Gasteiger partial charge in [-0.05, 0) is 67.4 Å². The summed E-state index contributed by atoms with van der Waals surface area (Å²) in [5.41, 5.74) is 6.06. The van der Waals surface area contributed by atoms with E-state index < -0.39 is 10.8 Å². The molecule has 0 aromatic heterocycles. The predicted octanol–water partition coefficient (Wildman–Crippen LogP) is 3.99. The molecule has 3 aromatic rings. The summed E-state index contributed by atoms with van der Waals surface area (Å²) in [7, 11) is 0. The Labute approximate surface area is 190 Å². The van der Waals surface area contributed by atoms with Gasteiger partial charge in [0, 0.05) is 23.4 Å². The van der Waals surface area contributed by atoms with E-state index >= 15 is 0 Å². The molecule has 0 bridgehead atoms. The zero-order valence-electron chi connectivity index (χ0n) is 18.1. The average molecular weight is 446 g/mol. The smallest absolute Gasteiger partial charge is 0.271 e. The summed E-state index contributed by atoms with van der Waals surface area (Å²) in [6, 6.07) is 17.8. The van der Waals surface area contributed by atoms with Crippen molar-refractivity contribution in [2.24, 2.45) is 5.10 Å². The van der Waals surface area contributed by atoms with Gasteiger partial charge in [0.1, 0.15) is 5.75 Å². The maximum absolute atomic E-state index is 12.1. The number of benzene rings is 3. The third-order valence-corrected chi connectivity index (χ3v) is 4.63. The van der Waals surface area contributed by atoms with Gasteiger partial charge in [0.05, 0.1) is 11.1 Å². The zero-order valence-corrected chi connectivity index (χ0v) is 18.1. The summed E-state index contributed by atoms with van der Waals surface area (Å²) < 4.78 is 5.51. The molecule has 0 aliphatic rings. The number of nitro benzene ring substituents is 1. The van der Waals surface area contributed by atoms with Crippen LogP contribution in [0.15, 0.2) is 71.8 Å². The molecule has 0 fully saturated rings. The van der Waals surface area contributed by atoms with Crippen molar-refractivity contribution in [1.82, 2.24) is 5.43 Å². The lowest BCUT2D eigenvalue weighted by atomic mass is 10.1. The largest absolute Gasteiger partial charge is 0.484 e. The number of carbonyl (C=O) groups is 2. The van der Waals surface area contributed by atoms with Crippen LogP contribution in [-0.2, 0) is 4.79 Å². The van der Waals surface area contributed by atoms with Gasteiger partial charge in [-0.25, -0.2) is 5.43 Å². The molecule has 0 saturated heterocycles. The Hall–Kier alpha value is -4.53. The molecule has 168 valence electrons. The van der Waals surface area contributed by atoms with E-state index in [0.29, 0.717) is 11.3 Å². The molecular weight excluding hydrogens is 424 g/mol. The summed E-state index contributed by atoms with van der Waals surface area (Å²) in [6.45, 7) is 3.78. The number of amides is 2. The molecule has 0 aliphatic heterocycles. The third kappa shape index (κ3) is 6.73. The number of hydrogen-bond acceptors (Lipinski definition) is 6. The van der Waals surface area contributed by atoms with Crippen molar-refractivity contribution in [3.05, 3.63) is 99.1 Å². The first-order chi connectivity index (χ1) is 15.8. The first-order valence-corrected chi connectivity index (χ1v) is 9.99. The highest BCUT2D eigenvalue weighted by atomic mass is 16.6. The molecule has 3 rings (SSSR count). The molecular formula is C24H22N4O5. The van der Waals surface area contributed by atoms with Crippen molar-refractivity contribution in [3.63, 3.8) is 0 Å². The number of ether oxygens (including phenoxy) is 1. The fraction of sp³-hybridized carbons (Fsp3) is 0.125. The second-order valence-corrected chi connectivity index (χ2v) is 7.23. The van der Waals surface area contributed by atoms with E-state index in [9.17, 15) is 19.7 Å². The number of nitro groups is 1. The summed E-state index contributed by atoms with van der Waals surface area (Å²) in [4.78, 5) is 34.3. The van der Waals surface area contributed by atoms with E-state index in [1.54, 1.807) is 24.3 Å². The second-order valence-electron chi connectivity index (χ2n) is 7.23.